The van der Waals surface area contributed by atoms with Crippen LogP contribution in [0.4, 0.5) is 0 Å². The molecule has 1 aliphatic heterocycles. The largest absolute Gasteiger partial charge is 0.451 e. The number of hydrogen-bond acceptors (Lipinski definition) is 5. The zero-order chi connectivity index (χ0) is 22.5. The molecule has 1 saturated heterocycles. The van der Waals surface area contributed by atoms with Crippen LogP contribution in [0, 0.1) is 17.8 Å². The van der Waals surface area contributed by atoms with Gasteiger partial charge in [0.2, 0.25) is 11.8 Å². The fraction of sp³-hybridized carbons (Fsp3) is 0.500. The minimum Gasteiger partial charge on any atom is -0.451 e. The van der Waals surface area contributed by atoms with Crippen molar-refractivity contribution in [2.75, 3.05) is 0 Å². The number of fused-ring (bicyclic) bond motifs is 1. The number of esters is 1. The fourth-order valence-corrected chi connectivity index (χ4v) is 4.12. The number of imide groups is 1. The highest BCUT2D eigenvalue weighted by molar-refractivity contribution is 6.08. The van der Waals surface area contributed by atoms with E-state index < -0.39 is 35.9 Å². The van der Waals surface area contributed by atoms with Crippen LogP contribution in [0.5, 0.6) is 0 Å². The highest BCUT2D eigenvalue weighted by Crippen LogP contribution is 2.37. The SMILES string of the molecule is CC(C)CC(C(=O)OC(C)C(=O)NCc1ccccc1)N1C(=O)C2CC=CCC2C1=O. The van der Waals surface area contributed by atoms with Gasteiger partial charge in [0, 0.05) is 6.54 Å². The molecule has 3 amide bonds. The van der Waals surface area contributed by atoms with Crippen molar-refractivity contribution in [3.63, 3.8) is 0 Å². The van der Waals surface area contributed by atoms with Gasteiger partial charge in [-0.1, -0.05) is 56.3 Å². The zero-order valence-corrected chi connectivity index (χ0v) is 18.2. The maximum absolute atomic E-state index is 13.0. The molecule has 3 rings (SSSR count). The van der Waals surface area contributed by atoms with Crippen molar-refractivity contribution in [1.82, 2.24) is 10.2 Å². The van der Waals surface area contributed by atoms with Gasteiger partial charge in [0.05, 0.1) is 11.8 Å². The number of carbonyl (C=O) groups is 4. The molecule has 1 aliphatic carbocycles. The van der Waals surface area contributed by atoms with E-state index in [1.54, 1.807) is 0 Å². The van der Waals surface area contributed by atoms with Crippen molar-refractivity contribution >= 4 is 23.7 Å². The summed E-state index contributed by atoms with van der Waals surface area (Å²) < 4.78 is 5.41. The zero-order valence-electron chi connectivity index (χ0n) is 18.2. The number of benzene rings is 1. The van der Waals surface area contributed by atoms with Crippen molar-refractivity contribution in [3.8, 4) is 0 Å². The highest BCUT2D eigenvalue weighted by atomic mass is 16.5. The first-order valence-electron chi connectivity index (χ1n) is 10.8. The summed E-state index contributed by atoms with van der Waals surface area (Å²) in [4.78, 5) is 52.4. The van der Waals surface area contributed by atoms with Crippen LogP contribution in [-0.4, -0.2) is 40.7 Å². The van der Waals surface area contributed by atoms with Crippen LogP contribution < -0.4 is 5.32 Å². The van der Waals surface area contributed by atoms with Gasteiger partial charge in [-0.15, -0.1) is 0 Å². The first-order chi connectivity index (χ1) is 14.8. The maximum atomic E-state index is 13.0. The highest BCUT2D eigenvalue weighted by Gasteiger charge is 2.51. The Hall–Kier alpha value is -2.96. The molecule has 0 radical (unpaired) electrons. The number of rotatable bonds is 8. The molecule has 1 fully saturated rings. The van der Waals surface area contributed by atoms with Gasteiger partial charge in [-0.2, -0.15) is 0 Å². The summed E-state index contributed by atoms with van der Waals surface area (Å²) in [5, 5.41) is 2.74. The molecule has 1 aromatic rings. The first-order valence-corrected chi connectivity index (χ1v) is 10.8. The number of hydrogen-bond donors (Lipinski definition) is 1. The second kappa shape index (κ2) is 9.90. The molecule has 0 saturated carbocycles. The summed E-state index contributed by atoms with van der Waals surface area (Å²) in [6, 6.07) is 8.38. The van der Waals surface area contributed by atoms with Crippen molar-refractivity contribution in [3.05, 3.63) is 48.0 Å². The van der Waals surface area contributed by atoms with E-state index in [1.807, 2.05) is 56.3 Å². The first kappa shape index (κ1) is 22.7. The topological polar surface area (TPSA) is 92.8 Å². The molecule has 1 heterocycles. The monoisotopic (exact) mass is 426 g/mol. The molecule has 4 atom stereocenters. The van der Waals surface area contributed by atoms with Gasteiger partial charge in [-0.3, -0.25) is 19.3 Å². The molecule has 166 valence electrons. The molecule has 0 bridgehead atoms. The number of ether oxygens (including phenoxy) is 1. The Morgan fingerprint density at radius 2 is 1.61 bits per heavy atom. The summed E-state index contributed by atoms with van der Waals surface area (Å²) in [6.45, 7) is 5.63. The number of likely N-dealkylation sites (tertiary alicyclic amines) is 1. The number of nitrogens with zero attached hydrogens (tertiary/aromatic N) is 1. The third-order valence-electron chi connectivity index (χ3n) is 5.79. The lowest BCUT2D eigenvalue weighted by molar-refractivity contribution is -0.165. The Balaban J connectivity index is 1.66. The lowest BCUT2D eigenvalue weighted by Gasteiger charge is -2.27. The van der Waals surface area contributed by atoms with Crippen LogP contribution in [0.1, 0.15) is 45.6 Å². The van der Waals surface area contributed by atoms with E-state index in [0.717, 1.165) is 10.5 Å². The van der Waals surface area contributed by atoms with Gasteiger partial charge in [-0.25, -0.2) is 4.79 Å². The van der Waals surface area contributed by atoms with E-state index in [1.165, 1.54) is 6.92 Å². The molecule has 7 heteroatoms. The van der Waals surface area contributed by atoms with Crippen LogP contribution in [0.25, 0.3) is 0 Å². The minimum atomic E-state index is -1.04. The Bertz CT molecular complexity index is 838. The third-order valence-corrected chi connectivity index (χ3v) is 5.79. The van der Waals surface area contributed by atoms with Crippen molar-refractivity contribution in [2.45, 2.75) is 58.7 Å². The summed E-state index contributed by atoms with van der Waals surface area (Å²) in [5.41, 5.74) is 0.927. The van der Waals surface area contributed by atoms with Crippen LogP contribution in [-0.2, 0) is 30.5 Å². The molecule has 0 spiro atoms. The molecule has 1 N–H and O–H groups in total. The summed E-state index contributed by atoms with van der Waals surface area (Å²) in [6.07, 6.45) is 4.08. The van der Waals surface area contributed by atoms with Gasteiger partial charge in [0.15, 0.2) is 6.10 Å². The van der Waals surface area contributed by atoms with Crippen molar-refractivity contribution in [1.29, 1.82) is 0 Å². The lowest BCUT2D eigenvalue weighted by Crippen LogP contribution is -2.48. The normalized spacial score (nSPS) is 22.3. The van der Waals surface area contributed by atoms with Gasteiger partial charge in [-0.05, 0) is 37.7 Å². The van der Waals surface area contributed by atoms with Crippen molar-refractivity contribution < 1.29 is 23.9 Å². The van der Waals surface area contributed by atoms with Crippen LogP contribution in [0.3, 0.4) is 0 Å². The van der Waals surface area contributed by atoms with E-state index in [2.05, 4.69) is 5.32 Å². The van der Waals surface area contributed by atoms with E-state index in [9.17, 15) is 19.2 Å². The van der Waals surface area contributed by atoms with Crippen LogP contribution in [0.2, 0.25) is 0 Å². The van der Waals surface area contributed by atoms with Gasteiger partial charge < -0.3 is 10.1 Å². The summed E-state index contributed by atoms with van der Waals surface area (Å²) >= 11 is 0. The Labute approximate surface area is 182 Å². The predicted octanol–water partition coefficient (Wildman–Crippen LogP) is 2.60. The molecular formula is C24H30N2O5. The second-order valence-corrected chi connectivity index (χ2v) is 8.63. The standard InChI is InChI=1S/C24H30N2O5/c1-15(2)13-20(26-22(28)18-11-7-8-12-19(18)23(26)29)24(30)31-16(3)21(27)25-14-17-9-5-4-6-10-17/h4-10,15-16,18-20H,11-14H2,1-3H3,(H,25,27). The number of allylic oxidation sites excluding steroid dienone is 2. The van der Waals surface area contributed by atoms with E-state index in [0.29, 0.717) is 25.8 Å². The predicted molar refractivity (Wildman–Crippen MR) is 114 cm³/mol. The summed E-state index contributed by atoms with van der Waals surface area (Å²) in [7, 11) is 0. The summed E-state index contributed by atoms with van der Waals surface area (Å²) in [5.74, 6) is -2.55. The minimum absolute atomic E-state index is 0.0566. The van der Waals surface area contributed by atoms with E-state index in [-0.39, 0.29) is 17.7 Å². The van der Waals surface area contributed by atoms with Gasteiger partial charge in [0.1, 0.15) is 6.04 Å². The molecule has 4 unspecified atom stereocenters. The quantitative estimate of drug-likeness (QED) is 0.392. The molecule has 2 aliphatic rings. The molecule has 0 aromatic heterocycles. The average Bonchev–Trinajstić information content (AvgIpc) is 3.01. The Kier molecular flexibility index (Phi) is 7.25. The Morgan fingerprint density at radius 3 is 2.16 bits per heavy atom. The molecule has 7 nitrogen and oxygen atoms in total. The van der Waals surface area contributed by atoms with Crippen molar-refractivity contribution in [2.24, 2.45) is 17.8 Å². The average molecular weight is 427 g/mol. The van der Waals surface area contributed by atoms with Crippen LogP contribution >= 0.6 is 0 Å². The Morgan fingerprint density at radius 1 is 1.03 bits per heavy atom. The lowest BCUT2D eigenvalue weighted by atomic mass is 9.85. The molecule has 1 aromatic carbocycles. The number of amides is 3. The van der Waals surface area contributed by atoms with Crippen LogP contribution in [0.15, 0.2) is 42.5 Å². The number of nitrogens with one attached hydrogen (secondary N) is 1. The molecular weight excluding hydrogens is 396 g/mol. The smallest absolute Gasteiger partial charge is 0.330 e. The maximum Gasteiger partial charge on any atom is 0.330 e. The van der Waals surface area contributed by atoms with Gasteiger partial charge >= 0.3 is 5.97 Å². The van der Waals surface area contributed by atoms with E-state index >= 15 is 0 Å². The fourth-order valence-electron chi connectivity index (χ4n) is 4.12. The van der Waals surface area contributed by atoms with Gasteiger partial charge in [0.25, 0.3) is 5.91 Å². The number of carbonyl (C=O) groups excluding carboxylic acids is 4. The molecule has 31 heavy (non-hydrogen) atoms. The van der Waals surface area contributed by atoms with E-state index in [4.69, 9.17) is 4.74 Å². The third kappa shape index (κ3) is 5.21. The second-order valence-electron chi connectivity index (χ2n) is 8.63.